The lowest BCUT2D eigenvalue weighted by atomic mass is 10.2. The summed E-state index contributed by atoms with van der Waals surface area (Å²) >= 11 is 3.31. The molecule has 1 amide bonds. The lowest BCUT2D eigenvalue weighted by Crippen LogP contribution is -2.17. The highest BCUT2D eigenvalue weighted by atomic mass is 79.9. The summed E-state index contributed by atoms with van der Waals surface area (Å²) in [6.45, 7) is 0. The molecule has 2 aromatic rings. The lowest BCUT2D eigenvalue weighted by molar-refractivity contribution is 0.0965. The Hall–Kier alpha value is -1.36. The first-order chi connectivity index (χ1) is 6.72. The molecule has 0 spiro atoms. The van der Waals surface area contributed by atoms with Crippen LogP contribution in [0.25, 0.3) is 11.0 Å². The number of carbonyl (C=O) groups excluding carboxylic acids is 1. The highest BCUT2D eigenvalue weighted by molar-refractivity contribution is 9.10. The van der Waals surface area contributed by atoms with E-state index in [2.05, 4.69) is 31.2 Å². The van der Waals surface area contributed by atoms with Gasteiger partial charge in [0.2, 0.25) is 0 Å². The van der Waals surface area contributed by atoms with E-state index in [0.29, 0.717) is 11.2 Å². The average Bonchev–Trinajstić information content (AvgIpc) is 2.59. The van der Waals surface area contributed by atoms with Gasteiger partial charge in [-0.05, 0) is 22.0 Å². The minimum Gasteiger partial charge on any atom is -0.355 e. The molecule has 0 aliphatic rings. The predicted octanol–water partition coefficient (Wildman–Crippen LogP) is 1.69. The third-order valence-electron chi connectivity index (χ3n) is 1.97. The molecule has 0 saturated heterocycles. The first kappa shape index (κ1) is 9.21. The number of rotatable bonds is 1. The monoisotopic (exact) mass is 253 g/mol. The van der Waals surface area contributed by atoms with Gasteiger partial charge in [-0.15, -0.1) is 0 Å². The Labute approximate surface area is 88.9 Å². The maximum atomic E-state index is 11.4. The van der Waals surface area contributed by atoms with Gasteiger partial charge in [-0.3, -0.25) is 4.79 Å². The van der Waals surface area contributed by atoms with Crippen molar-refractivity contribution in [2.45, 2.75) is 0 Å². The van der Waals surface area contributed by atoms with Gasteiger partial charge in [0, 0.05) is 29.3 Å². The van der Waals surface area contributed by atoms with Crippen LogP contribution in [0, 0.1) is 0 Å². The smallest absolute Gasteiger partial charge is 0.253 e. The van der Waals surface area contributed by atoms with Crippen molar-refractivity contribution in [2.24, 2.45) is 0 Å². The lowest BCUT2D eigenvalue weighted by Gasteiger charge is -1.96. The van der Waals surface area contributed by atoms with Crippen molar-refractivity contribution in [2.75, 3.05) is 7.05 Å². The molecule has 0 radical (unpaired) electrons. The third kappa shape index (κ3) is 1.39. The highest BCUT2D eigenvalue weighted by Crippen LogP contribution is 2.20. The molecular weight excluding hydrogens is 246 g/mol. The minimum absolute atomic E-state index is 0.115. The Kier molecular flexibility index (Phi) is 2.25. The van der Waals surface area contributed by atoms with E-state index in [-0.39, 0.29) is 5.91 Å². The van der Waals surface area contributed by atoms with Crippen molar-refractivity contribution in [3.63, 3.8) is 0 Å². The number of carbonyl (C=O) groups is 1. The van der Waals surface area contributed by atoms with E-state index in [1.54, 1.807) is 19.4 Å². The summed E-state index contributed by atoms with van der Waals surface area (Å²) in [5, 5.41) is 3.40. The molecule has 14 heavy (non-hydrogen) atoms. The molecule has 0 aliphatic heterocycles. The SMILES string of the molecule is CNC(=O)c1c[nH]c2ncc(Br)cc12. The van der Waals surface area contributed by atoms with E-state index >= 15 is 0 Å². The normalized spacial score (nSPS) is 10.4. The quantitative estimate of drug-likeness (QED) is 0.813. The molecule has 0 bridgehead atoms. The van der Waals surface area contributed by atoms with E-state index in [1.165, 1.54) is 0 Å². The Morgan fingerprint density at radius 1 is 1.64 bits per heavy atom. The van der Waals surface area contributed by atoms with Crippen LogP contribution in [0.5, 0.6) is 0 Å². The van der Waals surface area contributed by atoms with Crippen LogP contribution >= 0.6 is 15.9 Å². The number of nitrogens with one attached hydrogen (secondary N) is 2. The molecule has 0 saturated carbocycles. The molecule has 5 heteroatoms. The summed E-state index contributed by atoms with van der Waals surface area (Å²) in [4.78, 5) is 18.5. The second-order valence-corrected chi connectivity index (χ2v) is 3.75. The highest BCUT2D eigenvalue weighted by Gasteiger charge is 2.10. The van der Waals surface area contributed by atoms with Crippen molar-refractivity contribution in [3.8, 4) is 0 Å². The number of aromatic nitrogens is 2. The fourth-order valence-electron chi connectivity index (χ4n) is 1.30. The van der Waals surface area contributed by atoms with Gasteiger partial charge in [0.15, 0.2) is 0 Å². The molecule has 4 nitrogen and oxygen atoms in total. The maximum Gasteiger partial charge on any atom is 0.253 e. The standard InChI is InChI=1S/C9H8BrN3O/c1-11-9(14)7-4-13-8-6(7)2-5(10)3-12-8/h2-4H,1H3,(H,11,14)(H,12,13). The summed E-state index contributed by atoms with van der Waals surface area (Å²) in [7, 11) is 1.60. The van der Waals surface area contributed by atoms with Crippen molar-refractivity contribution < 1.29 is 4.79 Å². The average molecular weight is 254 g/mol. The van der Waals surface area contributed by atoms with Gasteiger partial charge < -0.3 is 10.3 Å². The van der Waals surface area contributed by atoms with E-state index < -0.39 is 0 Å². The van der Waals surface area contributed by atoms with E-state index in [9.17, 15) is 4.79 Å². The number of amides is 1. The summed E-state index contributed by atoms with van der Waals surface area (Å²) in [6, 6.07) is 1.86. The molecular formula is C9H8BrN3O. The largest absolute Gasteiger partial charge is 0.355 e. The number of hydrogen-bond acceptors (Lipinski definition) is 2. The van der Waals surface area contributed by atoms with Gasteiger partial charge in [-0.1, -0.05) is 0 Å². The van der Waals surface area contributed by atoms with Crippen LogP contribution in [-0.4, -0.2) is 22.9 Å². The number of halogens is 1. The van der Waals surface area contributed by atoms with E-state index in [0.717, 1.165) is 9.86 Å². The Balaban J connectivity index is 2.67. The van der Waals surface area contributed by atoms with Gasteiger partial charge in [-0.2, -0.15) is 0 Å². The fourth-order valence-corrected chi connectivity index (χ4v) is 1.63. The van der Waals surface area contributed by atoms with Crippen LogP contribution in [0.1, 0.15) is 10.4 Å². The summed E-state index contributed by atoms with van der Waals surface area (Å²) in [5.74, 6) is -0.115. The zero-order valence-electron chi connectivity index (χ0n) is 7.47. The van der Waals surface area contributed by atoms with Crippen LogP contribution in [0.3, 0.4) is 0 Å². The van der Waals surface area contributed by atoms with Gasteiger partial charge >= 0.3 is 0 Å². The molecule has 0 atom stereocenters. The van der Waals surface area contributed by atoms with E-state index in [1.807, 2.05) is 6.07 Å². The second-order valence-electron chi connectivity index (χ2n) is 2.83. The Morgan fingerprint density at radius 2 is 2.43 bits per heavy atom. The van der Waals surface area contributed by atoms with Gasteiger partial charge in [0.05, 0.1) is 5.56 Å². The molecule has 2 heterocycles. The van der Waals surface area contributed by atoms with Gasteiger partial charge in [0.25, 0.3) is 5.91 Å². The summed E-state index contributed by atoms with van der Waals surface area (Å²) < 4.78 is 0.856. The van der Waals surface area contributed by atoms with Crippen molar-refractivity contribution >= 4 is 32.9 Å². The number of hydrogen-bond donors (Lipinski definition) is 2. The number of H-pyrrole nitrogens is 1. The first-order valence-corrected chi connectivity index (χ1v) is 4.86. The van der Waals surface area contributed by atoms with Gasteiger partial charge in [0.1, 0.15) is 5.65 Å². The number of pyridine rings is 1. The molecule has 2 N–H and O–H groups in total. The molecule has 72 valence electrons. The number of nitrogens with zero attached hydrogens (tertiary/aromatic N) is 1. The Bertz CT molecular complexity index is 492. The Morgan fingerprint density at radius 3 is 3.14 bits per heavy atom. The minimum atomic E-state index is -0.115. The second kappa shape index (κ2) is 3.42. The molecule has 0 aliphatic carbocycles. The number of fused-ring (bicyclic) bond motifs is 1. The van der Waals surface area contributed by atoms with Crippen LogP contribution in [0.4, 0.5) is 0 Å². The first-order valence-electron chi connectivity index (χ1n) is 4.07. The third-order valence-corrected chi connectivity index (χ3v) is 2.40. The van der Waals surface area contributed by atoms with Crippen molar-refractivity contribution in [1.29, 1.82) is 0 Å². The van der Waals surface area contributed by atoms with Crippen LogP contribution in [0.15, 0.2) is 22.9 Å². The van der Waals surface area contributed by atoms with Gasteiger partial charge in [-0.25, -0.2) is 4.98 Å². The van der Waals surface area contributed by atoms with Crippen LogP contribution < -0.4 is 5.32 Å². The molecule has 0 fully saturated rings. The topological polar surface area (TPSA) is 57.8 Å². The maximum absolute atomic E-state index is 11.4. The molecule has 2 aromatic heterocycles. The number of aromatic amines is 1. The zero-order chi connectivity index (χ0) is 10.1. The summed E-state index contributed by atoms with van der Waals surface area (Å²) in [5.41, 5.74) is 1.32. The fraction of sp³-hybridized carbons (Fsp3) is 0.111. The zero-order valence-corrected chi connectivity index (χ0v) is 9.05. The van der Waals surface area contributed by atoms with Crippen LogP contribution in [0.2, 0.25) is 0 Å². The van der Waals surface area contributed by atoms with E-state index in [4.69, 9.17) is 0 Å². The molecule has 2 rings (SSSR count). The van der Waals surface area contributed by atoms with Crippen molar-refractivity contribution in [3.05, 3.63) is 28.5 Å². The predicted molar refractivity (Wildman–Crippen MR) is 57.2 cm³/mol. The summed E-state index contributed by atoms with van der Waals surface area (Å²) in [6.07, 6.45) is 3.34. The molecule has 0 unspecified atom stereocenters. The molecule has 0 aromatic carbocycles. The van der Waals surface area contributed by atoms with Crippen molar-refractivity contribution in [1.82, 2.24) is 15.3 Å². The van der Waals surface area contributed by atoms with Crippen LogP contribution in [-0.2, 0) is 0 Å².